The molecule has 19 heavy (non-hydrogen) atoms. The Morgan fingerprint density at radius 3 is 2.37 bits per heavy atom. The van der Waals surface area contributed by atoms with Crippen molar-refractivity contribution in [2.45, 2.75) is 0 Å². The molecule has 90 valence electrons. The number of furan rings is 1. The van der Waals surface area contributed by atoms with Gasteiger partial charge in [-0.25, -0.2) is 4.98 Å². The Morgan fingerprint density at radius 2 is 1.47 bits per heavy atom. The summed E-state index contributed by atoms with van der Waals surface area (Å²) in [5.41, 5.74) is 4.74. The lowest BCUT2D eigenvalue weighted by Gasteiger charge is -1.99. The Kier molecular flexibility index (Phi) is 2.15. The minimum Gasteiger partial charge on any atom is -0.454 e. The van der Waals surface area contributed by atoms with E-state index in [1.807, 2.05) is 54.6 Å². The first-order valence-corrected chi connectivity index (χ1v) is 6.25. The van der Waals surface area contributed by atoms with Gasteiger partial charge in [-0.15, -0.1) is 0 Å². The molecule has 0 aliphatic rings. The summed E-state index contributed by atoms with van der Waals surface area (Å²) >= 11 is 0. The maximum Gasteiger partial charge on any atom is 0.153 e. The average Bonchev–Trinajstić information content (AvgIpc) is 2.86. The molecular formula is C17H11NO. The largest absolute Gasteiger partial charge is 0.454 e. The second-order valence-corrected chi connectivity index (χ2v) is 4.51. The van der Waals surface area contributed by atoms with Gasteiger partial charge in [0.1, 0.15) is 11.1 Å². The number of rotatable bonds is 1. The molecule has 2 heteroatoms. The number of para-hydroxylation sites is 1. The molecule has 2 aromatic carbocycles. The van der Waals surface area contributed by atoms with Crippen LogP contribution in [0, 0.1) is 0 Å². The Bertz CT molecular complexity index is 862. The topological polar surface area (TPSA) is 26.0 Å². The second kappa shape index (κ2) is 3.95. The Hall–Kier alpha value is -2.61. The second-order valence-electron chi connectivity index (χ2n) is 4.51. The fraction of sp³-hybridized carbons (Fsp3) is 0. The van der Waals surface area contributed by atoms with Crippen LogP contribution in [-0.2, 0) is 0 Å². The van der Waals surface area contributed by atoms with Crippen LogP contribution in [0.4, 0.5) is 0 Å². The normalized spacial score (nSPS) is 11.2. The Morgan fingerprint density at radius 1 is 0.684 bits per heavy atom. The first-order chi connectivity index (χ1) is 9.42. The first-order valence-electron chi connectivity index (χ1n) is 6.25. The van der Waals surface area contributed by atoms with Gasteiger partial charge >= 0.3 is 0 Å². The quantitative estimate of drug-likeness (QED) is 0.488. The molecule has 4 rings (SSSR count). The minimum absolute atomic E-state index is 0.834. The van der Waals surface area contributed by atoms with E-state index in [1.54, 1.807) is 0 Å². The number of hydrogen-bond acceptors (Lipinski definition) is 2. The van der Waals surface area contributed by atoms with Gasteiger partial charge < -0.3 is 4.42 Å². The van der Waals surface area contributed by atoms with Gasteiger partial charge in [0.25, 0.3) is 0 Å². The van der Waals surface area contributed by atoms with Crippen LogP contribution in [0.25, 0.3) is 33.3 Å². The van der Waals surface area contributed by atoms with Crippen molar-refractivity contribution in [3.05, 3.63) is 66.7 Å². The lowest BCUT2D eigenvalue weighted by atomic mass is 10.1. The summed E-state index contributed by atoms with van der Waals surface area (Å²) in [6.07, 6.45) is 0. The zero-order chi connectivity index (χ0) is 12.7. The van der Waals surface area contributed by atoms with Crippen LogP contribution in [-0.4, -0.2) is 4.98 Å². The third-order valence-corrected chi connectivity index (χ3v) is 3.29. The maximum absolute atomic E-state index is 5.78. The molecule has 2 heterocycles. The molecule has 0 spiro atoms. The molecule has 0 fully saturated rings. The fourth-order valence-electron chi connectivity index (χ4n) is 2.36. The lowest BCUT2D eigenvalue weighted by Crippen LogP contribution is -1.82. The molecule has 0 aliphatic carbocycles. The summed E-state index contributed by atoms with van der Waals surface area (Å²) in [7, 11) is 0. The van der Waals surface area contributed by atoms with Gasteiger partial charge in [-0.05, 0) is 24.3 Å². The molecular weight excluding hydrogens is 234 g/mol. The predicted molar refractivity (Wildman–Crippen MR) is 77.0 cm³/mol. The van der Waals surface area contributed by atoms with Crippen molar-refractivity contribution in [1.29, 1.82) is 0 Å². The van der Waals surface area contributed by atoms with Crippen LogP contribution in [0.3, 0.4) is 0 Å². The molecule has 4 aromatic rings. The van der Waals surface area contributed by atoms with E-state index in [4.69, 9.17) is 9.40 Å². The van der Waals surface area contributed by atoms with E-state index in [-0.39, 0.29) is 0 Å². The highest BCUT2D eigenvalue weighted by Crippen LogP contribution is 2.29. The number of hydrogen-bond donors (Lipinski definition) is 0. The zero-order valence-electron chi connectivity index (χ0n) is 10.2. The van der Waals surface area contributed by atoms with Crippen molar-refractivity contribution in [1.82, 2.24) is 4.98 Å². The van der Waals surface area contributed by atoms with E-state index in [9.17, 15) is 0 Å². The van der Waals surface area contributed by atoms with E-state index >= 15 is 0 Å². The zero-order valence-corrected chi connectivity index (χ0v) is 10.2. The van der Waals surface area contributed by atoms with Crippen molar-refractivity contribution in [2.75, 3.05) is 0 Å². The van der Waals surface area contributed by atoms with Gasteiger partial charge in [-0.1, -0.05) is 42.5 Å². The molecule has 0 radical (unpaired) electrons. The van der Waals surface area contributed by atoms with Gasteiger partial charge in [0, 0.05) is 10.9 Å². The van der Waals surface area contributed by atoms with E-state index in [0.29, 0.717) is 0 Å². The number of aromatic nitrogens is 1. The highest BCUT2D eigenvalue weighted by molar-refractivity contribution is 6.02. The van der Waals surface area contributed by atoms with Crippen LogP contribution < -0.4 is 0 Å². The van der Waals surface area contributed by atoms with Gasteiger partial charge in [0.05, 0.1) is 5.69 Å². The smallest absolute Gasteiger partial charge is 0.153 e. The molecule has 0 bridgehead atoms. The van der Waals surface area contributed by atoms with Gasteiger partial charge in [-0.3, -0.25) is 0 Å². The van der Waals surface area contributed by atoms with Crippen molar-refractivity contribution in [3.8, 4) is 11.3 Å². The third-order valence-electron chi connectivity index (χ3n) is 3.29. The van der Waals surface area contributed by atoms with Crippen molar-refractivity contribution in [2.24, 2.45) is 0 Å². The molecule has 0 amide bonds. The first kappa shape index (κ1) is 10.3. The van der Waals surface area contributed by atoms with Crippen LogP contribution in [0.1, 0.15) is 0 Å². The van der Waals surface area contributed by atoms with Crippen LogP contribution in [0.15, 0.2) is 71.1 Å². The van der Waals surface area contributed by atoms with E-state index < -0.39 is 0 Å². The molecule has 0 unspecified atom stereocenters. The van der Waals surface area contributed by atoms with Crippen molar-refractivity contribution in [3.63, 3.8) is 0 Å². The van der Waals surface area contributed by atoms with Crippen LogP contribution >= 0.6 is 0 Å². The summed E-state index contributed by atoms with van der Waals surface area (Å²) in [5.74, 6) is 0. The SMILES string of the molecule is c1ccc(-c2ccc3oc4ccccc4c3n2)cc1. The highest BCUT2D eigenvalue weighted by atomic mass is 16.3. The van der Waals surface area contributed by atoms with Gasteiger partial charge in [0.2, 0.25) is 0 Å². The molecule has 0 aliphatic heterocycles. The summed E-state index contributed by atoms with van der Waals surface area (Å²) in [6, 6.07) is 22.2. The summed E-state index contributed by atoms with van der Waals surface area (Å²) in [4.78, 5) is 4.74. The molecule has 0 saturated heterocycles. The van der Waals surface area contributed by atoms with Crippen LogP contribution in [0.2, 0.25) is 0 Å². The fourth-order valence-corrected chi connectivity index (χ4v) is 2.36. The standard InChI is InChI=1S/C17H11NO/c1-2-6-12(7-3-1)14-10-11-16-17(18-14)13-8-4-5-9-15(13)19-16/h1-11H. The molecule has 0 atom stereocenters. The summed E-state index contributed by atoms with van der Waals surface area (Å²) in [6.45, 7) is 0. The number of benzene rings is 2. The number of pyridine rings is 1. The Balaban J connectivity index is 2.03. The average molecular weight is 245 g/mol. The van der Waals surface area contributed by atoms with Gasteiger partial charge in [-0.2, -0.15) is 0 Å². The van der Waals surface area contributed by atoms with E-state index in [1.165, 1.54) is 0 Å². The highest BCUT2D eigenvalue weighted by Gasteiger charge is 2.08. The molecule has 0 saturated carbocycles. The van der Waals surface area contributed by atoms with Crippen molar-refractivity contribution < 1.29 is 4.42 Å². The van der Waals surface area contributed by atoms with E-state index in [2.05, 4.69) is 12.1 Å². The minimum atomic E-state index is 0.834. The third kappa shape index (κ3) is 1.61. The molecule has 0 N–H and O–H groups in total. The molecule has 2 nitrogen and oxygen atoms in total. The summed E-state index contributed by atoms with van der Waals surface area (Å²) < 4.78 is 5.78. The lowest BCUT2D eigenvalue weighted by molar-refractivity contribution is 0.668. The van der Waals surface area contributed by atoms with Gasteiger partial charge in [0.15, 0.2) is 5.58 Å². The van der Waals surface area contributed by atoms with E-state index in [0.717, 1.165) is 33.3 Å². The Labute approximate surface area is 110 Å². The monoisotopic (exact) mass is 245 g/mol. The maximum atomic E-state index is 5.78. The van der Waals surface area contributed by atoms with Crippen molar-refractivity contribution >= 4 is 22.1 Å². The predicted octanol–water partition coefficient (Wildman–Crippen LogP) is 4.65. The summed E-state index contributed by atoms with van der Waals surface area (Å²) in [5, 5.41) is 1.07. The number of nitrogens with zero attached hydrogens (tertiary/aromatic N) is 1. The number of fused-ring (bicyclic) bond motifs is 3. The van der Waals surface area contributed by atoms with Crippen LogP contribution in [0.5, 0.6) is 0 Å². The molecule has 2 aromatic heterocycles.